The summed E-state index contributed by atoms with van der Waals surface area (Å²) in [7, 11) is 0. The van der Waals surface area contributed by atoms with Crippen LogP contribution in [0.4, 0.5) is 4.79 Å². The molecule has 3 aliphatic heterocycles. The van der Waals surface area contributed by atoms with Gasteiger partial charge in [-0.3, -0.25) is 9.69 Å². The number of carbonyl (C=O) groups excluding carboxylic acids is 2. The maximum atomic E-state index is 13.2. The fraction of sp³-hybridized carbons (Fsp3) is 0.500. The minimum Gasteiger partial charge on any atom is -0.462 e. The molecule has 2 bridgehead atoms. The van der Waals surface area contributed by atoms with Crippen molar-refractivity contribution in [2.24, 2.45) is 5.92 Å². The summed E-state index contributed by atoms with van der Waals surface area (Å²) in [5.74, 6) is -0.407. The molecule has 0 aromatic heterocycles. The van der Waals surface area contributed by atoms with Crippen molar-refractivity contribution in [1.82, 2.24) is 15.5 Å². The highest BCUT2D eigenvalue weighted by molar-refractivity contribution is 5.78. The van der Waals surface area contributed by atoms with Gasteiger partial charge in [-0.05, 0) is 68.2 Å². The van der Waals surface area contributed by atoms with E-state index in [9.17, 15) is 19.8 Å². The van der Waals surface area contributed by atoms with Gasteiger partial charge in [0.25, 0.3) is 0 Å². The van der Waals surface area contributed by atoms with Gasteiger partial charge in [-0.25, -0.2) is 4.79 Å². The molecule has 7 rings (SSSR count). The van der Waals surface area contributed by atoms with E-state index in [1.54, 1.807) is 0 Å². The molecule has 49 heavy (non-hydrogen) atoms. The number of aliphatic hydroxyl groups is 2. The Hall–Kier alpha value is -3.76. The Morgan fingerprint density at radius 3 is 1.98 bits per heavy atom. The number of rotatable bonds is 12. The van der Waals surface area contributed by atoms with Crippen LogP contribution in [0.5, 0.6) is 0 Å². The summed E-state index contributed by atoms with van der Waals surface area (Å²) in [5.41, 5.74) is 0.869. The molecular formula is C40H49N3O6. The van der Waals surface area contributed by atoms with Crippen LogP contribution in [0.15, 0.2) is 91.0 Å². The molecule has 1 saturated carbocycles. The van der Waals surface area contributed by atoms with Crippen LogP contribution >= 0.6 is 0 Å². The summed E-state index contributed by atoms with van der Waals surface area (Å²) in [6, 6.07) is 28.2. The zero-order chi connectivity index (χ0) is 34.0. The Bertz CT molecular complexity index is 1490. The number of ether oxygens (including phenoxy) is 2. The molecular weight excluding hydrogens is 618 g/mol. The normalized spacial score (nSPS) is 28.9. The van der Waals surface area contributed by atoms with Crippen molar-refractivity contribution in [2.45, 2.75) is 106 Å². The molecule has 2 amide bonds. The topological polar surface area (TPSA) is 124 Å². The maximum absolute atomic E-state index is 13.2. The van der Waals surface area contributed by atoms with Crippen LogP contribution in [0.2, 0.25) is 0 Å². The number of benzene rings is 3. The van der Waals surface area contributed by atoms with Gasteiger partial charge in [0.05, 0.1) is 12.6 Å². The van der Waals surface area contributed by atoms with Gasteiger partial charge in [0, 0.05) is 31.0 Å². The van der Waals surface area contributed by atoms with Gasteiger partial charge in [0.1, 0.15) is 29.8 Å². The highest BCUT2D eigenvalue weighted by Gasteiger charge is 2.63. The van der Waals surface area contributed by atoms with E-state index >= 15 is 0 Å². The van der Waals surface area contributed by atoms with E-state index in [2.05, 4.69) is 15.5 Å². The van der Waals surface area contributed by atoms with Crippen LogP contribution in [-0.2, 0) is 19.9 Å². The number of epoxide rings is 1. The van der Waals surface area contributed by atoms with Crippen molar-refractivity contribution >= 4 is 12.0 Å². The molecule has 3 aromatic rings. The summed E-state index contributed by atoms with van der Waals surface area (Å²) in [4.78, 5) is 28.8. The molecule has 2 unspecified atom stereocenters. The first-order valence-corrected chi connectivity index (χ1v) is 18.0. The number of nitrogens with one attached hydrogen (secondary N) is 2. The molecule has 0 spiro atoms. The fourth-order valence-corrected chi connectivity index (χ4v) is 8.73. The van der Waals surface area contributed by atoms with E-state index < -0.39 is 17.6 Å². The molecule has 0 radical (unpaired) electrons. The molecule has 1 aliphatic carbocycles. The molecule has 3 heterocycles. The Balaban J connectivity index is 0.867. The third-order valence-corrected chi connectivity index (χ3v) is 11.5. The summed E-state index contributed by atoms with van der Waals surface area (Å²) in [6.45, 7) is 2.59. The largest absolute Gasteiger partial charge is 0.462 e. The number of morpholine rings is 1. The first-order valence-electron chi connectivity index (χ1n) is 18.0. The second kappa shape index (κ2) is 14.6. The second-order valence-electron chi connectivity index (χ2n) is 14.5. The average Bonchev–Trinajstić information content (AvgIpc) is 3.90. The van der Waals surface area contributed by atoms with Gasteiger partial charge in [-0.1, -0.05) is 91.0 Å². The van der Waals surface area contributed by atoms with E-state index in [1.165, 1.54) is 0 Å². The monoisotopic (exact) mass is 667 g/mol. The quantitative estimate of drug-likeness (QED) is 0.161. The fourth-order valence-electron chi connectivity index (χ4n) is 8.73. The van der Waals surface area contributed by atoms with Crippen LogP contribution in [-0.4, -0.2) is 82.7 Å². The van der Waals surface area contributed by atoms with Crippen LogP contribution in [0, 0.1) is 5.92 Å². The SMILES string of the molecule is C[C@H](NC(=O)NC1CCC(CCN2[C@@H]3CC(OC(=O)C(CO)c4ccccc4)C[C@H]2[C@H]2O[C@H]23)CC1)C(O)(c1ccccc1)c1ccccc1. The zero-order valence-corrected chi connectivity index (χ0v) is 28.2. The number of nitrogens with zero attached hydrogens (tertiary/aromatic N) is 1. The van der Waals surface area contributed by atoms with Crippen LogP contribution < -0.4 is 10.6 Å². The van der Waals surface area contributed by atoms with Gasteiger partial charge < -0.3 is 30.3 Å². The predicted octanol–water partition coefficient (Wildman–Crippen LogP) is 4.86. The van der Waals surface area contributed by atoms with Gasteiger partial charge in [-0.2, -0.15) is 0 Å². The molecule has 7 atom stereocenters. The number of piperidine rings is 1. The number of carbonyl (C=O) groups is 2. The molecule has 3 saturated heterocycles. The van der Waals surface area contributed by atoms with Gasteiger partial charge in [-0.15, -0.1) is 0 Å². The van der Waals surface area contributed by atoms with E-state index in [0.29, 0.717) is 5.92 Å². The first kappa shape index (κ1) is 33.7. The number of amides is 2. The standard InChI is InChI=1S/C40H49N3O6/c1-26(40(47,29-13-7-3-8-14-29)30-15-9-4-10-16-30)41-39(46)42-31-19-17-27(18-20-31)21-22-43-34-23-32(24-35(43)37-36(34)49-37)48-38(45)33(25-44)28-11-5-2-6-12-28/h2-16,26-27,31-37,44,47H,17-25H2,1H3,(H2,41,42,46)/t26-,27?,31?,32?,33?,34-,35+,36+,37-/m0/s1. The summed E-state index contributed by atoms with van der Waals surface area (Å²) in [5, 5.41) is 28.1. The number of aliphatic hydroxyl groups excluding tert-OH is 1. The van der Waals surface area contributed by atoms with E-state index in [-0.39, 0.29) is 55.0 Å². The van der Waals surface area contributed by atoms with Crippen LogP contribution in [0.3, 0.4) is 0 Å². The molecule has 4 fully saturated rings. The van der Waals surface area contributed by atoms with Crippen molar-refractivity contribution in [1.29, 1.82) is 0 Å². The van der Waals surface area contributed by atoms with Crippen molar-refractivity contribution in [3.05, 3.63) is 108 Å². The summed E-state index contributed by atoms with van der Waals surface area (Å²) >= 11 is 0. The maximum Gasteiger partial charge on any atom is 0.316 e. The molecule has 9 nitrogen and oxygen atoms in total. The van der Waals surface area contributed by atoms with E-state index in [4.69, 9.17) is 9.47 Å². The first-order chi connectivity index (χ1) is 23.8. The van der Waals surface area contributed by atoms with E-state index in [1.807, 2.05) is 97.9 Å². The van der Waals surface area contributed by atoms with Crippen molar-refractivity contribution in [3.63, 3.8) is 0 Å². The summed E-state index contributed by atoms with van der Waals surface area (Å²) < 4.78 is 12.0. The number of hydrogen-bond donors (Lipinski definition) is 4. The Morgan fingerprint density at radius 2 is 1.43 bits per heavy atom. The average molecular weight is 668 g/mol. The highest BCUT2D eigenvalue weighted by Crippen LogP contribution is 2.49. The van der Waals surface area contributed by atoms with Crippen molar-refractivity contribution in [3.8, 4) is 0 Å². The number of urea groups is 1. The Kier molecular flexibility index (Phi) is 10.1. The van der Waals surface area contributed by atoms with Crippen molar-refractivity contribution in [2.75, 3.05) is 13.2 Å². The minimum absolute atomic E-state index is 0.103. The molecule has 4 aliphatic rings. The number of fused-ring (bicyclic) bond motifs is 5. The lowest BCUT2D eigenvalue weighted by Gasteiger charge is -2.41. The number of esters is 1. The lowest BCUT2D eigenvalue weighted by molar-refractivity contribution is -0.157. The lowest BCUT2D eigenvalue weighted by atomic mass is 9.81. The van der Waals surface area contributed by atoms with Gasteiger partial charge in [0.2, 0.25) is 0 Å². The van der Waals surface area contributed by atoms with Crippen LogP contribution in [0.1, 0.15) is 74.5 Å². The van der Waals surface area contributed by atoms with Gasteiger partial charge in [0.15, 0.2) is 0 Å². The number of hydrogen-bond acceptors (Lipinski definition) is 7. The predicted molar refractivity (Wildman–Crippen MR) is 186 cm³/mol. The lowest BCUT2D eigenvalue weighted by Crippen LogP contribution is -2.54. The van der Waals surface area contributed by atoms with Gasteiger partial charge >= 0.3 is 12.0 Å². The molecule has 9 heteroatoms. The molecule has 4 N–H and O–H groups in total. The van der Waals surface area contributed by atoms with E-state index in [0.717, 1.165) is 68.2 Å². The van der Waals surface area contributed by atoms with Crippen molar-refractivity contribution < 1.29 is 29.3 Å². The summed E-state index contributed by atoms with van der Waals surface area (Å²) in [6.07, 6.45) is 6.95. The third kappa shape index (κ3) is 7.13. The Morgan fingerprint density at radius 1 is 0.878 bits per heavy atom. The van der Waals surface area contributed by atoms with Crippen LogP contribution in [0.25, 0.3) is 0 Å². The molecule has 3 aromatic carbocycles. The molecule has 260 valence electrons. The minimum atomic E-state index is -1.37. The third-order valence-electron chi connectivity index (χ3n) is 11.5. The highest BCUT2D eigenvalue weighted by atomic mass is 16.6. The second-order valence-corrected chi connectivity index (χ2v) is 14.5. The zero-order valence-electron chi connectivity index (χ0n) is 28.2. The Labute approximate surface area is 289 Å². The smallest absolute Gasteiger partial charge is 0.316 e.